The molecule has 1 aliphatic heterocycles. The number of carboxylic acid groups (broad SMARTS) is 1. The maximum absolute atomic E-state index is 11.1. The van der Waals surface area contributed by atoms with Crippen molar-refractivity contribution < 1.29 is 24.1 Å². The summed E-state index contributed by atoms with van der Waals surface area (Å²) in [5, 5.41) is 19.2. The Morgan fingerprint density at radius 1 is 1.40 bits per heavy atom. The van der Waals surface area contributed by atoms with Crippen molar-refractivity contribution in [2.24, 2.45) is 0 Å². The smallest absolute Gasteiger partial charge is 0.303 e. The normalized spacial score (nSPS) is 17.3. The van der Waals surface area contributed by atoms with Crippen LogP contribution in [0.4, 0.5) is 0 Å². The summed E-state index contributed by atoms with van der Waals surface area (Å²) in [6.07, 6.45) is 0.0949. The van der Waals surface area contributed by atoms with Gasteiger partial charge in [-0.05, 0) is 31.0 Å². The molecule has 0 aromatic heterocycles. The van der Waals surface area contributed by atoms with Crippen LogP contribution in [0.5, 0.6) is 11.5 Å². The minimum Gasteiger partial charge on any atom is -0.493 e. The molecule has 1 saturated heterocycles. The van der Waals surface area contributed by atoms with Crippen LogP contribution in [0.1, 0.15) is 25.3 Å². The van der Waals surface area contributed by atoms with Gasteiger partial charge in [-0.1, -0.05) is 6.07 Å². The average molecular weight is 348 g/mol. The molecule has 1 unspecified atom stereocenters. The summed E-state index contributed by atoms with van der Waals surface area (Å²) in [7, 11) is 1.56. The zero-order valence-electron chi connectivity index (χ0n) is 14.7. The molecule has 1 aromatic carbocycles. The van der Waals surface area contributed by atoms with Gasteiger partial charge in [-0.15, -0.1) is 0 Å². The van der Waals surface area contributed by atoms with Crippen molar-refractivity contribution in [2.45, 2.75) is 25.3 Å². The Labute approximate surface area is 147 Å². The first-order valence-corrected chi connectivity index (χ1v) is 8.34. The fourth-order valence-corrected chi connectivity index (χ4v) is 3.11. The summed E-state index contributed by atoms with van der Waals surface area (Å²) in [6.45, 7) is 4.52. The summed E-state index contributed by atoms with van der Waals surface area (Å²) in [5.74, 6) is 0.204. The molecule has 1 aromatic rings. The summed E-state index contributed by atoms with van der Waals surface area (Å²) in [6, 6.07) is 7.72. The number of nitrogens with zero attached hydrogens (tertiary/aromatic N) is 2. The SMILES string of the molecule is CCOc1cc(C(C#N)(CCC(=O)O)N2CCOCC2)ccc1OC. The molecular formula is C18H24N2O5. The van der Waals surface area contributed by atoms with E-state index in [4.69, 9.17) is 19.3 Å². The minimum absolute atomic E-state index is 0.0963. The highest BCUT2D eigenvalue weighted by molar-refractivity contribution is 5.67. The van der Waals surface area contributed by atoms with Gasteiger partial charge in [-0.2, -0.15) is 5.26 Å². The van der Waals surface area contributed by atoms with Crippen molar-refractivity contribution in [2.75, 3.05) is 40.0 Å². The zero-order valence-corrected chi connectivity index (χ0v) is 14.7. The van der Waals surface area contributed by atoms with Crippen molar-refractivity contribution in [1.82, 2.24) is 4.90 Å². The largest absolute Gasteiger partial charge is 0.493 e. The lowest BCUT2D eigenvalue weighted by Gasteiger charge is -2.41. The third-order valence-corrected chi connectivity index (χ3v) is 4.38. The Hall–Kier alpha value is -2.30. The molecular weight excluding hydrogens is 324 g/mol. The van der Waals surface area contributed by atoms with Crippen molar-refractivity contribution >= 4 is 5.97 Å². The molecule has 1 heterocycles. The standard InChI is InChI=1S/C18H24N2O5/c1-3-25-16-12-14(4-5-15(16)23-2)18(13-19,7-6-17(21)22)20-8-10-24-11-9-20/h4-5,12H,3,6-11H2,1-2H3,(H,21,22). The van der Waals surface area contributed by atoms with Crippen LogP contribution >= 0.6 is 0 Å². The van der Waals surface area contributed by atoms with Crippen LogP contribution in [-0.2, 0) is 15.1 Å². The molecule has 0 spiro atoms. The summed E-state index contributed by atoms with van der Waals surface area (Å²) in [4.78, 5) is 13.1. The number of morpholine rings is 1. The van der Waals surface area contributed by atoms with E-state index in [1.807, 2.05) is 17.9 Å². The molecule has 136 valence electrons. The number of methoxy groups -OCH3 is 1. The third kappa shape index (κ3) is 4.21. The quantitative estimate of drug-likeness (QED) is 0.768. The van der Waals surface area contributed by atoms with Gasteiger partial charge in [0.2, 0.25) is 0 Å². The van der Waals surface area contributed by atoms with E-state index >= 15 is 0 Å². The zero-order chi connectivity index (χ0) is 18.3. The second-order valence-corrected chi connectivity index (χ2v) is 5.76. The molecule has 0 saturated carbocycles. The lowest BCUT2D eigenvalue weighted by Crippen LogP contribution is -2.51. The first kappa shape index (κ1) is 19.0. The fraction of sp³-hybridized carbons (Fsp3) is 0.556. The first-order chi connectivity index (χ1) is 12.1. The predicted octanol–water partition coefficient (Wildman–Crippen LogP) is 2.01. The number of nitriles is 1. The number of hydrogen-bond donors (Lipinski definition) is 1. The molecule has 0 bridgehead atoms. The lowest BCUT2D eigenvalue weighted by molar-refractivity contribution is -0.137. The molecule has 0 amide bonds. The highest BCUT2D eigenvalue weighted by Crippen LogP contribution is 2.38. The van der Waals surface area contributed by atoms with Gasteiger partial charge in [-0.3, -0.25) is 9.69 Å². The molecule has 7 heteroatoms. The van der Waals surface area contributed by atoms with E-state index in [0.717, 1.165) is 0 Å². The number of benzene rings is 1. The van der Waals surface area contributed by atoms with Crippen LogP contribution in [-0.4, -0.2) is 56.0 Å². The van der Waals surface area contributed by atoms with E-state index in [1.165, 1.54) is 0 Å². The summed E-state index contributed by atoms with van der Waals surface area (Å²) >= 11 is 0. The van der Waals surface area contributed by atoms with E-state index in [9.17, 15) is 10.1 Å². The summed E-state index contributed by atoms with van der Waals surface area (Å²) < 4.78 is 16.3. The molecule has 1 aliphatic rings. The number of hydrogen-bond acceptors (Lipinski definition) is 6. The number of aliphatic carboxylic acids is 1. The maximum Gasteiger partial charge on any atom is 0.303 e. The molecule has 1 atom stereocenters. The first-order valence-electron chi connectivity index (χ1n) is 8.34. The highest BCUT2D eigenvalue weighted by Gasteiger charge is 2.40. The van der Waals surface area contributed by atoms with Crippen molar-refractivity contribution in [3.8, 4) is 17.6 Å². The van der Waals surface area contributed by atoms with Crippen molar-refractivity contribution in [3.05, 3.63) is 23.8 Å². The Morgan fingerprint density at radius 2 is 2.12 bits per heavy atom. The van der Waals surface area contributed by atoms with Gasteiger partial charge < -0.3 is 19.3 Å². The summed E-state index contributed by atoms with van der Waals surface area (Å²) in [5.41, 5.74) is -0.331. The minimum atomic E-state index is -1.04. The molecule has 2 rings (SSSR count). The maximum atomic E-state index is 11.1. The monoisotopic (exact) mass is 348 g/mol. The second kappa shape index (κ2) is 8.70. The number of carbonyl (C=O) groups is 1. The highest BCUT2D eigenvalue weighted by atomic mass is 16.5. The average Bonchev–Trinajstić information content (AvgIpc) is 2.64. The Morgan fingerprint density at radius 3 is 2.68 bits per heavy atom. The van der Waals surface area contributed by atoms with Crippen molar-refractivity contribution in [3.63, 3.8) is 0 Å². The van der Waals surface area contributed by atoms with E-state index in [-0.39, 0.29) is 12.8 Å². The van der Waals surface area contributed by atoms with Gasteiger partial charge >= 0.3 is 5.97 Å². The third-order valence-electron chi connectivity index (χ3n) is 4.38. The Kier molecular flexibility index (Phi) is 6.62. The van der Waals surface area contributed by atoms with Crippen LogP contribution in [0.3, 0.4) is 0 Å². The van der Waals surface area contributed by atoms with Crippen LogP contribution in [0.2, 0.25) is 0 Å². The van der Waals surface area contributed by atoms with Crippen LogP contribution in [0, 0.1) is 11.3 Å². The molecule has 0 aliphatic carbocycles. The molecule has 0 radical (unpaired) electrons. The number of rotatable bonds is 8. The van der Waals surface area contributed by atoms with Gasteiger partial charge in [0, 0.05) is 19.5 Å². The molecule has 1 N–H and O–H groups in total. The van der Waals surface area contributed by atoms with Crippen LogP contribution < -0.4 is 9.47 Å². The van der Waals surface area contributed by atoms with E-state index in [0.29, 0.717) is 50.0 Å². The van der Waals surface area contributed by atoms with E-state index in [1.54, 1.807) is 19.2 Å². The predicted molar refractivity (Wildman–Crippen MR) is 90.7 cm³/mol. The molecule has 7 nitrogen and oxygen atoms in total. The van der Waals surface area contributed by atoms with Gasteiger partial charge in [-0.25, -0.2) is 0 Å². The van der Waals surface area contributed by atoms with E-state index in [2.05, 4.69) is 6.07 Å². The topological polar surface area (TPSA) is 92.0 Å². The second-order valence-electron chi connectivity index (χ2n) is 5.76. The molecule has 25 heavy (non-hydrogen) atoms. The van der Waals surface area contributed by atoms with E-state index < -0.39 is 11.5 Å². The van der Waals surface area contributed by atoms with Gasteiger partial charge in [0.1, 0.15) is 5.54 Å². The van der Waals surface area contributed by atoms with Gasteiger partial charge in [0.05, 0.1) is 33.0 Å². The Balaban J connectivity index is 2.47. The van der Waals surface area contributed by atoms with Gasteiger partial charge in [0.15, 0.2) is 11.5 Å². The fourth-order valence-electron chi connectivity index (χ4n) is 3.11. The number of ether oxygens (including phenoxy) is 3. The van der Waals surface area contributed by atoms with Crippen molar-refractivity contribution in [1.29, 1.82) is 5.26 Å². The Bertz CT molecular complexity index is 637. The molecule has 1 fully saturated rings. The van der Waals surface area contributed by atoms with Gasteiger partial charge in [0.25, 0.3) is 0 Å². The number of carboxylic acids is 1. The van der Waals surface area contributed by atoms with Crippen LogP contribution in [0.25, 0.3) is 0 Å². The van der Waals surface area contributed by atoms with Crippen LogP contribution in [0.15, 0.2) is 18.2 Å². The lowest BCUT2D eigenvalue weighted by atomic mass is 9.84.